The van der Waals surface area contributed by atoms with Crippen LogP contribution in [0.25, 0.3) is 0 Å². The van der Waals surface area contributed by atoms with Gasteiger partial charge in [0.25, 0.3) is 5.91 Å². The van der Waals surface area contributed by atoms with Gasteiger partial charge in [-0.3, -0.25) is 4.79 Å². The fourth-order valence-electron chi connectivity index (χ4n) is 5.70. The number of aliphatic hydroxyl groups excluding tert-OH is 2. The Morgan fingerprint density at radius 3 is 2.70 bits per heavy atom. The zero-order valence-electron chi connectivity index (χ0n) is 21.1. The van der Waals surface area contributed by atoms with E-state index in [2.05, 4.69) is 32.2 Å². The molecule has 1 aromatic carbocycles. The maximum Gasteiger partial charge on any atom is 0.258 e. The summed E-state index contributed by atoms with van der Waals surface area (Å²) in [7, 11) is 0. The maximum atomic E-state index is 12.3. The Kier molecular flexibility index (Phi) is 9.63. The molecule has 1 unspecified atom stereocenters. The van der Waals surface area contributed by atoms with E-state index in [-0.39, 0.29) is 36.7 Å². The van der Waals surface area contributed by atoms with E-state index in [4.69, 9.17) is 4.74 Å². The molecule has 6 atom stereocenters. The lowest BCUT2D eigenvalue weighted by molar-refractivity contribution is -0.124. The normalized spacial score (nSPS) is 25.9. The Morgan fingerprint density at radius 1 is 1.18 bits per heavy atom. The number of aliphatic hydroxyl groups is 2. The van der Waals surface area contributed by atoms with Gasteiger partial charge in [-0.1, -0.05) is 52.2 Å². The van der Waals surface area contributed by atoms with Crippen molar-refractivity contribution < 1.29 is 19.7 Å². The number of rotatable bonds is 12. The topological polar surface area (TPSA) is 78.8 Å². The second kappa shape index (κ2) is 12.2. The Hall–Kier alpha value is -1.59. The van der Waals surface area contributed by atoms with Crippen LogP contribution >= 0.6 is 0 Å². The van der Waals surface area contributed by atoms with Crippen LogP contribution in [-0.4, -0.2) is 41.0 Å². The Labute approximate surface area is 200 Å². The van der Waals surface area contributed by atoms with Gasteiger partial charge in [0.2, 0.25) is 0 Å². The van der Waals surface area contributed by atoms with Crippen LogP contribution in [0.5, 0.6) is 5.75 Å². The first-order valence-corrected chi connectivity index (χ1v) is 13.2. The molecular formula is C28H45NO4. The van der Waals surface area contributed by atoms with E-state index in [1.54, 1.807) is 0 Å². The fraction of sp³-hybridized carbons (Fsp3) is 0.750. The number of benzene rings is 1. The number of carbonyl (C=O) groups excluding carboxylic acids is 1. The molecule has 0 saturated heterocycles. The van der Waals surface area contributed by atoms with Crippen LogP contribution in [0.2, 0.25) is 0 Å². The van der Waals surface area contributed by atoms with E-state index < -0.39 is 0 Å². The van der Waals surface area contributed by atoms with Gasteiger partial charge in [0.1, 0.15) is 5.75 Å². The molecule has 3 rings (SSSR count). The molecule has 5 heteroatoms. The van der Waals surface area contributed by atoms with Crippen molar-refractivity contribution in [1.82, 2.24) is 5.32 Å². The summed E-state index contributed by atoms with van der Waals surface area (Å²) in [6.45, 7) is 8.40. The lowest BCUT2D eigenvalue weighted by Gasteiger charge is -2.32. The highest BCUT2D eigenvalue weighted by molar-refractivity contribution is 5.77. The fourth-order valence-corrected chi connectivity index (χ4v) is 5.70. The van der Waals surface area contributed by atoms with E-state index in [0.29, 0.717) is 17.8 Å². The molecule has 2 aliphatic carbocycles. The van der Waals surface area contributed by atoms with Crippen LogP contribution < -0.4 is 10.1 Å². The van der Waals surface area contributed by atoms with E-state index >= 15 is 0 Å². The number of ether oxygens (including phenoxy) is 1. The van der Waals surface area contributed by atoms with Gasteiger partial charge in [0.15, 0.2) is 6.61 Å². The lowest BCUT2D eigenvalue weighted by Crippen LogP contribution is -2.39. The minimum Gasteiger partial charge on any atom is -0.483 e. The monoisotopic (exact) mass is 459 g/mol. The van der Waals surface area contributed by atoms with Gasteiger partial charge >= 0.3 is 0 Å². The minimum atomic E-state index is -0.287. The van der Waals surface area contributed by atoms with Crippen molar-refractivity contribution in [3.8, 4) is 5.75 Å². The van der Waals surface area contributed by atoms with Crippen molar-refractivity contribution >= 4 is 5.91 Å². The van der Waals surface area contributed by atoms with Gasteiger partial charge < -0.3 is 20.3 Å². The van der Waals surface area contributed by atoms with E-state index in [0.717, 1.165) is 50.7 Å². The molecule has 1 saturated carbocycles. The average Bonchev–Trinajstić information content (AvgIpc) is 3.08. The largest absolute Gasteiger partial charge is 0.483 e. The SMILES string of the molecule is CCCCC[C@H](O)CC[C@@H]1[C@H]2Cc3cccc(OCC(=O)NC(C)C(C)C)c3C[C@H]2C[C@H]1O. The van der Waals surface area contributed by atoms with Crippen LogP contribution in [0.4, 0.5) is 0 Å². The van der Waals surface area contributed by atoms with Crippen molar-refractivity contribution in [3.05, 3.63) is 29.3 Å². The van der Waals surface area contributed by atoms with Gasteiger partial charge in [-0.05, 0) is 86.3 Å². The summed E-state index contributed by atoms with van der Waals surface area (Å²) in [5.74, 6) is 2.26. The summed E-state index contributed by atoms with van der Waals surface area (Å²) in [4.78, 5) is 12.3. The first kappa shape index (κ1) is 26.0. The molecule has 1 amide bonds. The summed E-state index contributed by atoms with van der Waals surface area (Å²) >= 11 is 0. The third kappa shape index (κ3) is 6.95. The number of hydrogen-bond donors (Lipinski definition) is 3. The molecule has 2 aliphatic rings. The molecule has 0 bridgehead atoms. The van der Waals surface area contributed by atoms with Crippen molar-refractivity contribution in [1.29, 1.82) is 0 Å². The van der Waals surface area contributed by atoms with Crippen molar-refractivity contribution in [3.63, 3.8) is 0 Å². The number of amides is 1. The number of carbonyl (C=O) groups is 1. The van der Waals surface area contributed by atoms with Gasteiger partial charge in [-0.25, -0.2) is 0 Å². The summed E-state index contributed by atoms with van der Waals surface area (Å²) in [5, 5.41) is 24.2. The number of fused-ring (bicyclic) bond motifs is 2. The molecule has 1 fully saturated rings. The number of hydrogen-bond acceptors (Lipinski definition) is 4. The van der Waals surface area contributed by atoms with E-state index in [1.165, 1.54) is 24.0 Å². The van der Waals surface area contributed by atoms with Crippen LogP contribution in [0.15, 0.2) is 18.2 Å². The summed E-state index contributed by atoms with van der Waals surface area (Å²) in [6, 6.07) is 6.27. The second-order valence-corrected chi connectivity index (χ2v) is 10.8. The molecule has 0 radical (unpaired) electrons. The highest BCUT2D eigenvalue weighted by atomic mass is 16.5. The third-order valence-corrected chi connectivity index (χ3v) is 8.07. The smallest absolute Gasteiger partial charge is 0.258 e. The molecule has 1 aromatic rings. The number of unbranched alkanes of at least 4 members (excludes halogenated alkanes) is 2. The molecule has 33 heavy (non-hydrogen) atoms. The van der Waals surface area contributed by atoms with Gasteiger partial charge in [-0.2, -0.15) is 0 Å². The molecule has 186 valence electrons. The minimum absolute atomic E-state index is 0.0305. The quantitative estimate of drug-likeness (QED) is 0.397. The third-order valence-electron chi connectivity index (χ3n) is 8.07. The van der Waals surface area contributed by atoms with Crippen molar-refractivity contribution in [2.45, 2.75) is 104 Å². The van der Waals surface area contributed by atoms with Crippen LogP contribution in [0.1, 0.15) is 83.8 Å². The van der Waals surface area contributed by atoms with Crippen molar-refractivity contribution in [2.75, 3.05) is 6.61 Å². The summed E-state index contributed by atoms with van der Waals surface area (Å²) in [5.41, 5.74) is 2.49. The first-order valence-electron chi connectivity index (χ1n) is 13.2. The summed E-state index contributed by atoms with van der Waals surface area (Å²) in [6.07, 6.45) is 8.12. The zero-order chi connectivity index (χ0) is 24.0. The van der Waals surface area contributed by atoms with E-state index in [1.807, 2.05) is 19.1 Å². The van der Waals surface area contributed by atoms with Gasteiger partial charge in [-0.15, -0.1) is 0 Å². The van der Waals surface area contributed by atoms with Crippen LogP contribution in [-0.2, 0) is 17.6 Å². The maximum absolute atomic E-state index is 12.3. The molecule has 0 aromatic heterocycles. The molecule has 0 spiro atoms. The van der Waals surface area contributed by atoms with Gasteiger partial charge in [0, 0.05) is 6.04 Å². The predicted molar refractivity (Wildman–Crippen MR) is 132 cm³/mol. The first-order chi connectivity index (χ1) is 15.8. The molecule has 3 N–H and O–H groups in total. The zero-order valence-corrected chi connectivity index (χ0v) is 21.1. The highest BCUT2D eigenvalue weighted by Gasteiger charge is 2.44. The second-order valence-electron chi connectivity index (χ2n) is 10.8. The predicted octanol–water partition coefficient (Wildman–Crippen LogP) is 4.66. The molecule has 0 heterocycles. The van der Waals surface area contributed by atoms with Crippen LogP contribution in [0.3, 0.4) is 0 Å². The Balaban J connectivity index is 1.58. The Bertz CT molecular complexity index is 764. The van der Waals surface area contributed by atoms with Crippen molar-refractivity contribution in [2.24, 2.45) is 23.7 Å². The molecule has 5 nitrogen and oxygen atoms in total. The standard InChI is InChI=1S/C28H45NO4/c1-5-6-7-10-22(30)12-13-23-24-14-20-9-8-11-27(25(20)15-21(24)16-26(23)31)33-17-28(32)29-19(4)18(2)3/h8-9,11,18-19,21-24,26,30-31H,5-7,10,12-17H2,1-4H3,(H,29,32)/t19?,21-,22-,23+,24-,26+/m0/s1. The molecular weight excluding hydrogens is 414 g/mol. The summed E-state index contributed by atoms with van der Waals surface area (Å²) < 4.78 is 5.97. The average molecular weight is 460 g/mol. The van der Waals surface area contributed by atoms with Crippen LogP contribution in [0, 0.1) is 23.7 Å². The lowest BCUT2D eigenvalue weighted by atomic mass is 9.73. The van der Waals surface area contributed by atoms with Gasteiger partial charge in [0.05, 0.1) is 12.2 Å². The highest BCUT2D eigenvalue weighted by Crippen LogP contribution is 2.48. The molecule has 0 aliphatic heterocycles. The number of nitrogens with one attached hydrogen (secondary N) is 1. The Morgan fingerprint density at radius 2 is 1.97 bits per heavy atom. The van der Waals surface area contributed by atoms with E-state index in [9.17, 15) is 15.0 Å².